The van der Waals surface area contributed by atoms with Crippen molar-refractivity contribution in [3.05, 3.63) is 58.7 Å². The van der Waals surface area contributed by atoms with Gasteiger partial charge in [0, 0.05) is 0 Å². The molecule has 0 unspecified atom stereocenters. The Labute approximate surface area is 275 Å². The van der Waals surface area contributed by atoms with Crippen LogP contribution in [0.25, 0.3) is 0 Å². The summed E-state index contributed by atoms with van der Waals surface area (Å²) in [6.07, 6.45) is 30.4. The molecule has 0 N–H and O–H groups in total. The number of hydrogen-bond donors (Lipinski definition) is 0. The molecule has 0 saturated heterocycles. The van der Waals surface area contributed by atoms with E-state index in [0.29, 0.717) is 0 Å². The second kappa shape index (κ2) is 26.4. The van der Waals surface area contributed by atoms with Crippen LogP contribution in [0.3, 0.4) is 0 Å². The van der Waals surface area contributed by atoms with Crippen molar-refractivity contribution >= 4 is 15.7 Å². The van der Waals surface area contributed by atoms with Crippen LogP contribution >= 0.6 is 0 Å². The molecule has 0 bridgehead atoms. The summed E-state index contributed by atoms with van der Waals surface area (Å²) < 4.78 is 12.7. The van der Waals surface area contributed by atoms with Crippen LogP contribution in [-0.2, 0) is 25.7 Å². The summed E-state index contributed by atoms with van der Waals surface area (Å²) in [6.45, 7) is 6.26. The highest BCUT2D eigenvalue weighted by atomic mass is 16.5. The summed E-state index contributed by atoms with van der Waals surface area (Å²) in [4.78, 5) is 0. The first-order valence-corrected chi connectivity index (χ1v) is 19.2. The van der Waals surface area contributed by atoms with Gasteiger partial charge in [-0.3, -0.25) is 0 Å². The molecule has 2 aromatic carbocycles. The highest BCUT2D eigenvalue weighted by Crippen LogP contribution is 2.27. The third-order valence-electron chi connectivity index (χ3n) is 9.04. The second-order valence-electron chi connectivity index (χ2n) is 13.2. The van der Waals surface area contributed by atoms with Crippen LogP contribution in [0.5, 0.6) is 11.5 Å². The van der Waals surface area contributed by atoms with Gasteiger partial charge in [-0.25, -0.2) is 0 Å². The third kappa shape index (κ3) is 17.6. The van der Waals surface area contributed by atoms with Crippen LogP contribution in [0.2, 0.25) is 12.6 Å². The lowest BCUT2D eigenvalue weighted by Crippen LogP contribution is -2.03. The van der Waals surface area contributed by atoms with Gasteiger partial charge in [-0.15, -0.1) is 0 Å². The van der Waals surface area contributed by atoms with Crippen molar-refractivity contribution in [1.29, 1.82) is 0 Å². The van der Waals surface area contributed by atoms with Gasteiger partial charge in [-0.2, -0.15) is 0 Å². The molecular formula is C40H68B2O2. The maximum atomic E-state index is 6.33. The minimum atomic E-state index is 0.835. The van der Waals surface area contributed by atoms with Crippen molar-refractivity contribution in [2.75, 3.05) is 13.2 Å². The Morgan fingerprint density at radius 2 is 0.818 bits per heavy atom. The van der Waals surface area contributed by atoms with Gasteiger partial charge in [-0.1, -0.05) is 128 Å². The fraction of sp³-hybridized carbons (Fsp3) is 0.700. The summed E-state index contributed by atoms with van der Waals surface area (Å²) in [5, 5.41) is 0. The SMILES string of the molecule is BCCCCOc1ccc(CCCCCCCC)cc1CCCCc1cc(CCCCCCCC)ccc1OCCCCB. The van der Waals surface area contributed by atoms with E-state index in [1.54, 1.807) is 0 Å². The zero-order valence-electron chi connectivity index (χ0n) is 29.7. The normalized spacial score (nSPS) is 11.2. The Hall–Kier alpha value is -1.83. The van der Waals surface area contributed by atoms with Crippen LogP contribution in [-0.4, -0.2) is 28.9 Å². The molecule has 4 heteroatoms. The van der Waals surface area contributed by atoms with Crippen LogP contribution in [0, 0.1) is 0 Å². The fourth-order valence-electron chi connectivity index (χ4n) is 6.17. The Morgan fingerprint density at radius 1 is 0.432 bits per heavy atom. The number of ether oxygens (including phenoxy) is 2. The van der Waals surface area contributed by atoms with Crippen molar-refractivity contribution in [3.63, 3.8) is 0 Å². The average Bonchev–Trinajstić information content (AvgIpc) is 3.04. The quantitative estimate of drug-likeness (QED) is 0.0681. The maximum Gasteiger partial charge on any atom is 0.122 e. The molecule has 2 aromatic rings. The van der Waals surface area contributed by atoms with Gasteiger partial charge < -0.3 is 9.47 Å². The zero-order valence-corrected chi connectivity index (χ0v) is 29.7. The van der Waals surface area contributed by atoms with E-state index in [-0.39, 0.29) is 0 Å². The first kappa shape index (κ1) is 38.4. The van der Waals surface area contributed by atoms with Crippen LogP contribution < -0.4 is 9.47 Å². The summed E-state index contributed by atoms with van der Waals surface area (Å²) in [5.74, 6) is 2.24. The molecule has 0 atom stereocenters. The molecule has 0 radical (unpaired) electrons. The molecular weight excluding hydrogens is 534 g/mol. The van der Waals surface area contributed by atoms with Crippen molar-refractivity contribution in [2.24, 2.45) is 0 Å². The van der Waals surface area contributed by atoms with E-state index in [2.05, 4.69) is 65.9 Å². The van der Waals surface area contributed by atoms with Gasteiger partial charge in [0.25, 0.3) is 0 Å². The molecule has 2 rings (SSSR count). The lowest BCUT2D eigenvalue weighted by molar-refractivity contribution is 0.305. The molecule has 0 spiro atoms. The van der Waals surface area contributed by atoms with Crippen LogP contribution in [0.1, 0.15) is 152 Å². The summed E-state index contributed by atoms with van der Waals surface area (Å²) in [7, 11) is 4.52. The van der Waals surface area contributed by atoms with Gasteiger partial charge in [0.05, 0.1) is 13.2 Å². The number of rotatable bonds is 29. The van der Waals surface area contributed by atoms with E-state index in [4.69, 9.17) is 9.47 Å². The third-order valence-corrected chi connectivity index (χ3v) is 9.04. The number of unbranched alkanes of at least 4 members (excludes halogenated alkanes) is 13. The number of aryl methyl sites for hydroxylation is 4. The Balaban J connectivity index is 1.98. The lowest BCUT2D eigenvalue weighted by Gasteiger charge is -2.15. The molecule has 0 aromatic heterocycles. The van der Waals surface area contributed by atoms with E-state index in [1.807, 2.05) is 0 Å². The number of benzene rings is 2. The molecule has 0 aliphatic carbocycles. The molecule has 246 valence electrons. The summed E-state index contributed by atoms with van der Waals surface area (Å²) >= 11 is 0. The smallest absolute Gasteiger partial charge is 0.122 e. The lowest BCUT2D eigenvalue weighted by atomic mass is 9.97. The largest absolute Gasteiger partial charge is 0.493 e. The highest BCUT2D eigenvalue weighted by Gasteiger charge is 2.10. The van der Waals surface area contributed by atoms with E-state index in [1.165, 1.54) is 150 Å². The standard InChI is InChI=1S/C40H68B2O2/c1-3-5-7-9-11-13-21-35-25-27-39(43-31-19-17-29-41)37(33-35)23-15-16-24-38-34-36(22-14-12-10-8-6-4-2)26-28-40(38)44-32-20-18-30-42/h25-28,33-34H,3-24,29-32,41-42H2,1-2H3. The van der Waals surface area contributed by atoms with Gasteiger partial charge in [0.15, 0.2) is 0 Å². The monoisotopic (exact) mass is 603 g/mol. The van der Waals surface area contributed by atoms with E-state index in [9.17, 15) is 0 Å². The summed E-state index contributed by atoms with van der Waals surface area (Å²) in [6, 6.07) is 14.1. The van der Waals surface area contributed by atoms with Gasteiger partial charge in [-0.05, 0) is 98.6 Å². The van der Waals surface area contributed by atoms with Crippen LogP contribution in [0.4, 0.5) is 0 Å². The second-order valence-corrected chi connectivity index (χ2v) is 13.2. The predicted molar refractivity (Wildman–Crippen MR) is 200 cm³/mol. The molecule has 44 heavy (non-hydrogen) atoms. The van der Waals surface area contributed by atoms with Crippen molar-refractivity contribution in [3.8, 4) is 11.5 Å². The van der Waals surface area contributed by atoms with Gasteiger partial charge in [0.2, 0.25) is 0 Å². The molecule has 0 heterocycles. The van der Waals surface area contributed by atoms with E-state index < -0.39 is 0 Å². The fourth-order valence-corrected chi connectivity index (χ4v) is 6.17. The van der Waals surface area contributed by atoms with Crippen molar-refractivity contribution in [2.45, 2.75) is 168 Å². The average molecular weight is 603 g/mol. The van der Waals surface area contributed by atoms with Gasteiger partial charge >= 0.3 is 0 Å². The molecule has 0 amide bonds. The van der Waals surface area contributed by atoms with Crippen molar-refractivity contribution < 1.29 is 9.47 Å². The van der Waals surface area contributed by atoms with E-state index >= 15 is 0 Å². The minimum absolute atomic E-state index is 0.835. The highest BCUT2D eigenvalue weighted by molar-refractivity contribution is 6.08. The number of hydrogen-bond acceptors (Lipinski definition) is 2. The molecule has 0 aliphatic rings. The van der Waals surface area contributed by atoms with Crippen LogP contribution in [0.15, 0.2) is 36.4 Å². The topological polar surface area (TPSA) is 18.5 Å². The Bertz CT molecular complexity index is 883. The summed E-state index contributed by atoms with van der Waals surface area (Å²) in [5.41, 5.74) is 5.80. The zero-order chi connectivity index (χ0) is 31.5. The first-order valence-electron chi connectivity index (χ1n) is 19.2. The van der Waals surface area contributed by atoms with Crippen molar-refractivity contribution in [1.82, 2.24) is 0 Å². The molecule has 0 saturated carbocycles. The molecule has 0 fully saturated rings. The Kier molecular flexibility index (Phi) is 23.0. The molecule has 0 aliphatic heterocycles. The minimum Gasteiger partial charge on any atom is -0.493 e. The first-order chi connectivity index (χ1) is 21.7. The van der Waals surface area contributed by atoms with Gasteiger partial charge in [0.1, 0.15) is 27.2 Å². The predicted octanol–water partition coefficient (Wildman–Crippen LogP) is 10.5. The maximum absolute atomic E-state index is 6.33. The molecule has 2 nitrogen and oxygen atoms in total. The Morgan fingerprint density at radius 3 is 1.23 bits per heavy atom. The van der Waals surface area contributed by atoms with E-state index in [0.717, 1.165) is 50.4 Å².